The number of halogens is 3. The maximum absolute atomic E-state index is 13.3. The Morgan fingerprint density at radius 2 is 1.75 bits per heavy atom. The third-order valence-electron chi connectivity index (χ3n) is 5.51. The molecule has 1 saturated heterocycles. The number of nitrogens with zero attached hydrogens (tertiary/aromatic N) is 2. The van der Waals surface area contributed by atoms with Gasteiger partial charge in [-0.3, -0.25) is 4.79 Å². The lowest BCUT2D eigenvalue weighted by atomic mass is 9.85. The molecule has 1 aliphatic heterocycles. The summed E-state index contributed by atoms with van der Waals surface area (Å²) >= 11 is 12.4. The number of hydrogen-bond acceptors (Lipinski definition) is 3. The van der Waals surface area contributed by atoms with E-state index in [9.17, 15) is 14.0 Å². The Morgan fingerprint density at radius 3 is 2.34 bits per heavy atom. The van der Waals surface area contributed by atoms with Crippen LogP contribution in [0.5, 0.6) is 0 Å². The molecule has 0 aromatic heterocycles. The molecule has 2 amide bonds. The summed E-state index contributed by atoms with van der Waals surface area (Å²) in [5.74, 6) is -0.824. The van der Waals surface area contributed by atoms with Gasteiger partial charge in [0.2, 0.25) is 0 Å². The second kappa shape index (κ2) is 9.67. The van der Waals surface area contributed by atoms with E-state index < -0.39 is 17.5 Å². The number of benzene rings is 2. The zero-order chi connectivity index (χ0) is 23.6. The molecule has 0 bridgehead atoms. The molecule has 1 aliphatic rings. The summed E-state index contributed by atoms with van der Waals surface area (Å²) in [5.41, 5.74) is 0.662. The maximum Gasteiger partial charge on any atom is 0.410 e. The van der Waals surface area contributed by atoms with E-state index >= 15 is 0 Å². The normalized spacial score (nSPS) is 18.9. The quantitative estimate of drug-likeness (QED) is 0.541. The fraction of sp³-hybridized carbons (Fsp3) is 0.417. The smallest absolute Gasteiger partial charge is 0.410 e. The minimum atomic E-state index is -0.609. The van der Waals surface area contributed by atoms with Crippen molar-refractivity contribution >= 4 is 35.2 Å². The highest BCUT2D eigenvalue weighted by Crippen LogP contribution is 2.35. The summed E-state index contributed by atoms with van der Waals surface area (Å²) < 4.78 is 18.8. The van der Waals surface area contributed by atoms with E-state index in [0.29, 0.717) is 35.1 Å². The number of carbonyl (C=O) groups excluding carboxylic acids is 2. The first-order valence-corrected chi connectivity index (χ1v) is 11.2. The first-order valence-electron chi connectivity index (χ1n) is 10.4. The van der Waals surface area contributed by atoms with Crippen molar-refractivity contribution in [2.75, 3.05) is 20.1 Å². The van der Waals surface area contributed by atoms with E-state index in [0.717, 1.165) is 5.56 Å². The Morgan fingerprint density at radius 1 is 1.09 bits per heavy atom. The molecule has 172 valence electrons. The molecule has 32 heavy (non-hydrogen) atoms. The Bertz CT molecular complexity index is 992. The molecule has 2 atom stereocenters. The van der Waals surface area contributed by atoms with Crippen molar-refractivity contribution in [1.29, 1.82) is 0 Å². The van der Waals surface area contributed by atoms with Crippen LogP contribution in [0, 0.1) is 5.82 Å². The van der Waals surface area contributed by atoms with Gasteiger partial charge >= 0.3 is 6.09 Å². The fourth-order valence-electron chi connectivity index (χ4n) is 3.91. The van der Waals surface area contributed by atoms with Gasteiger partial charge in [-0.1, -0.05) is 29.3 Å². The Labute approximate surface area is 198 Å². The Kier molecular flexibility index (Phi) is 7.36. The zero-order valence-corrected chi connectivity index (χ0v) is 20.1. The monoisotopic (exact) mass is 480 g/mol. The molecule has 0 unspecified atom stereocenters. The van der Waals surface area contributed by atoms with E-state index in [4.69, 9.17) is 27.9 Å². The summed E-state index contributed by atoms with van der Waals surface area (Å²) in [6.07, 6.45) is 0.154. The fourth-order valence-corrected chi connectivity index (χ4v) is 4.22. The van der Waals surface area contributed by atoms with Crippen LogP contribution >= 0.6 is 23.2 Å². The summed E-state index contributed by atoms with van der Waals surface area (Å²) in [4.78, 5) is 29.1. The highest BCUT2D eigenvalue weighted by molar-refractivity contribution is 6.42. The Balaban J connectivity index is 1.89. The summed E-state index contributed by atoms with van der Waals surface area (Å²) in [7, 11) is 1.73. The molecular weight excluding hydrogens is 454 g/mol. The van der Waals surface area contributed by atoms with Crippen molar-refractivity contribution in [1.82, 2.24) is 9.80 Å². The van der Waals surface area contributed by atoms with Crippen LogP contribution in [-0.4, -0.2) is 53.6 Å². The molecule has 8 heteroatoms. The molecule has 0 radical (unpaired) electrons. The van der Waals surface area contributed by atoms with Gasteiger partial charge in [-0.15, -0.1) is 0 Å². The topological polar surface area (TPSA) is 49.9 Å². The summed E-state index contributed by atoms with van der Waals surface area (Å²) in [6, 6.07) is 10.6. The minimum Gasteiger partial charge on any atom is -0.444 e. The van der Waals surface area contributed by atoms with Gasteiger partial charge in [0.05, 0.1) is 10.0 Å². The molecule has 1 fully saturated rings. The Hall–Kier alpha value is -2.31. The molecule has 0 N–H and O–H groups in total. The van der Waals surface area contributed by atoms with E-state index in [-0.39, 0.29) is 17.9 Å². The zero-order valence-electron chi connectivity index (χ0n) is 18.6. The van der Waals surface area contributed by atoms with Crippen LogP contribution in [0.15, 0.2) is 42.5 Å². The average Bonchev–Trinajstić information content (AvgIpc) is 2.73. The van der Waals surface area contributed by atoms with Crippen LogP contribution in [0.3, 0.4) is 0 Å². The number of ether oxygens (including phenoxy) is 1. The van der Waals surface area contributed by atoms with Crippen LogP contribution in [0.2, 0.25) is 10.0 Å². The molecule has 2 aromatic carbocycles. The van der Waals surface area contributed by atoms with Crippen LogP contribution < -0.4 is 0 Å². The molecule has 5 nitrogen and oxygen atoms in total. The van der Waals surface area contributed by atoms with Gasteiger partial charge in [-0.05, 0) is 69.2 Å². The number of likely N-dealkylation sites (tertiary alicyclic amines) is 1. The van der Waals surface area contributed by atoms with Crippen molar-refractivity contribution < 1.29 is 18.7 Å². The lowest BCUT2D eigenvalue weighted by Crippen LogP contribution is -2.52. The lowest BCUT2D eigenvalue weighted by Gasteiger charge is -2.43. The SMILES string of the molecule is CN(C(=O)c1ccc(F)cc1)[C@@H]1CCN(C(=O)OC(C)(C)C)C[C@H]1c1ccc(Cl)c(Cl)c1. The van der Waals surface area contributed by atoms with Gasteiger partial charge in [0.1, 0.15) is 11.4 Å². The predicted molar refractivity (Wildman–Crippen MR) is 124 cm³/mol. The van der Waals surface area contributed by atoms with Gasteiger partial charge in [0, 0.05) is 37.7 Å². The number of rotatable bonds is 3. The number of amides is 2. The predicted octanol–water partition coefficient (Wildman–Crippen LogP) is 6.00. The van der Waals surface area contributed by atoms with Gasteiger partial charge in [-0.2, -0.15) is 0 Å². The first-order chi connectivity index (χ1) is 15.0. The largest absolute Gasteiger partial charge is 0.444 e. The second-order valence-corrected chi connectivity index (χ2v) is 9.80. The minimum absolute atomic E-state index is 0.205. The van der Waals surface area contributed by atoms with Gasteiger partial charge in [-0.25, -0.2) is 9.18 Å². The number of likely N-dealkylation sites (N-methyl/N-ethyl adjacent to an activating group) is 1. The molecule has 3 rings (SSSR count). The van der Waals surface area contributed by atoms with Crippen LogP contribution in [0.1, 0.15) is 49.0 Å². The van der Waals surface area contributed by atoms with Crippen LogP contribution in [0.4, 0.5) is 9.18 Å². The van der Waals surface area contributed by atoms with Crippen molar-refractivity contribution in [3.05, 3.63) is 69.5 Å². The molecular formula is C24H27Cl2FN2O3. The standard InChI is InChI=1S/C24H27Cl2FN2O3/c1-24(2,3)32-23(31)29-12-11-21(18(14-29)16-7-10-19(25)20(26)13-16)28(4)22(30)15-5-8-17(27)9-6-15/h5-10,13,18,21H,11-12,14H2,1-4H3/t18-,21+/m0/s1. The van der Waals surface area contributed by atoms with E-state index in [2.05, 4.69) is 0 Å². The van der Waals surface area contributed by atoms with Crippen molar-refractivity contribution in [3.63, 3.8) is 0 Å². The van der Waals surface area contributed by atoms with Crippen LogP contribution in [0.25, 0.3) is 0 Å². The average molecular weight is 481 g/mol. The maximum atomic E-state index is 13.3. The van der Waals surface area contributed by atoms with Crippen molar-refractivity contribution in [3.8, 4) is 0 Å². The molecule has 0 saturated carbocycles. The molecule has 0 spiro atoms. The molecule has 1 heterocycles. The molecule has 0 aliphatic carbocycles. The highest BCUT2D eigenvalue weighted by Gasteiger charge is 2.38. The highest BCUT2D eigenvalue weighted by atomic mass is 35.5. The lowest BCUT2D eigenvalue weighted by molar-refractivity contribution is 0.0124. The van der Waals surface area contributed by atoms with E-state index in [1.807, 2.05) is 26.8 Å². The van der Waals surface area contributed by atoms with E-state index in [1.54, 1.807) is 29.0 Å². The molecule has 2 aromatic rings. The second-order valence-electron chi connectivity index (χ2n) is 8.99. The van der Waals surface area contributed by atoms with Gasteiger partial charge < -0.3 is 14.5 Å². The number of piperidine rings is 1. The first kappa shape index (κ1) is 24.3. The third kappa shape index (κ3) is 5.73. The third-order valence-corrected chi connectivity index (χ3v) is 6.25. The summed E-state index contributed by atoms with van der Waals surface area (Å²) in [5, 5.41) is 0.840. The van der Waals surface area contributed by atoms with Crippen molar-refractivity contribution in [2.24, 2.45) is 0 Å². The summed E-state index contributed by atoms with van der Waals surface area (Å²) in [6.45, 7) is 6.27. The van der Waals surface area contributed by atoms with Gasteiger partial charge in [0.25, 0.3) is 5.91 Å². The number of hydrogen-bond donors (Lipinski definition) is 0. The van der Waals surface area contributed by atoms with Crippen LogP contribution in [-0.2, 0) is 4.74 Å². The van der Waals surface area contributed by atoms with Gasteiger partial charge in [0.15, 0.2) is 0 Å². The van der Waals surface area contributed by atoms with Crippen molar-refractivity contribution in [2.45, 2.75) is 44.8 Å². The number of carbonyl (C=O) groups is 2. The van der Waals surface area contributed by atoms with E-state index in [1.165, 1.54) is 24.3 Å².